The average molecular weight is 313 g/mol. The van der Waals surface area contributed by atoms with Gasteiger partial charge in [0.25, 0.3) is 0 Å². The van der Waals surface area contributed by atoms with Crippen LogP contribution in [0, 0.1) is 6.92 Å². The first-order chi connectivity index (χ1) is 11.2. The lowest BCUT2D eigenvalue weighted by Crippen LogP contribution is -2.32. The average Bonchev–Trinajstić information content (AvgIpc) is 2.96. The van der Waals surface area contributed by atoms with Gasteiger partial charge in [-0.1, -0.05) is 30.7 Å². The second kappa shape index (κ2) is 7.28. The van der Waals surface area contributed by atoms with E-state index in [1.54, 1.807) is 7.11 Å². The van der Waals surface area contributed by atoms with Gasteiger partial charge in [0.2, 0.25) is 0 Å². The van der Waals surface area contributed by atoms with E-state index in [0.717, 1.165) is 11.4 Å². The molecule has 4 heteroatoms. The highest BCUT2D eigenvalue weighted by Gasteiger charge is 2.18. The molecule has 2 heterocycles. The van der Waals surface area contributed by atoms with Crippen LogP contribution in [-0.2, 0) is 11.3 Å². The molecule has 1 N–H and O–H groups in total. The first-order valence-electron chi connectivity index (χ1n) is 8.58. The Hall–Kier alpha value is -1.65. The van der Waals surface area contributed by atoms with E-state index >= 15 is 0 Å². The van der Waals surface area contributed by atoms with Gasteiger partial charge in [-0.25, -0.2) is 0 Å². The highest BCUT2D eigenvalue weighted by molar-refractivity contribution is 5.68. The molecule has 1 saturated heterocycles. The number of ether oxygens (including phenoxy) is 1. The van der Waals surface area contributed by atoms with Crippen LogP contribution < -0.4 is 0 Å². The van der Waals surface area contributed by atoms with Crippen molar-refractivity contribution in [3.05, 3.63) is 41.2 Å². The summed E-state index contributed by atoms with van der Waals surface area (Å²) in [5.41, 5.74) is 5.84. The van der Waals surface area contributed by atoms with Crippen molar-refractivity contribution < 1.29 is 4.74 Å². The van der Waals surface area contributed by atoms with Crippen molar-refractivity contribution in [2.75, 3.05) is 20.2 Å². The SMILES string of the molecule is COCc1n[nH]c(C)c1-c1ccc(C(C)N2CCCCC2)cc1. The zero-order valence-corrected chi connectivity index (χ0v) is 14.4. The molecule has 0 aliphatic carbocycles. The topological polar surface area (TPSA) is 41.1 Å². The molecule has 0 saturated carbocycles. The van der Waals surface area contributed by atoms with Gasteiger partial charge in [-0.15, -0.1) is 0 Å². The van der Waals surface area contributed by atoms with E-state index in [0.29, 0.717) is 12.6 Å². The molecule has 3 rings (SSSR count). The molecule has 1 aliphatic rings. The predicted octanol–water partition coefficient (Wildman–Crippen LogP) is 4.08. The number of piperidine rings is 1. The summed E-state index contributed by atoms with van der Waals surface area (Å²) in [4.78, 5) is 2.60. The number of hydrogen-bond acceptors (Lipinski definition) is 3. The van der Waals surface area contributed by atoms with Crippen LogP contribution in [0.2, 0.25) is 0 Å². The van der Waals surface area contributed by atoms with Gasteiger partial charge in [0.1, 0.15) is 0 Å². The van der Waals surface area contributed by atoms with Gasteiger partial charge in [-0.2, -0.15) is 5.10 Å². The van der Waals surface area contributed by atoms with Crippen LogP contribution >= 0.6 is 0 Å². The number of hydrogen-bond donors (Lipinski definition) is 1. The van der Waals surface area contributed by atoms with Gasteiger partial charge < -0.3 is 4.74 Å². The van der Waals surface area contributed by atoms with Crippen LogP contribution in [0.25, 0.3) is 11.1 Å². The van der Waals surface area contributed by atoms with E-state index in [-0.39, 0.29) is 0 Å². The zero-order chi connectivity index (χ0) is 16.2. The van der Waals surface area contributed by atoms with Crippen molar-refractivity contribution in [1.82, 2.24) is 15.1 Å². The molecule has 1 aliphatic heterocycles. The smallest absolute Gasteiger partial charge is 0.0960 e. The third kappa shape index (κ3) is 3.48. The summed E-state index contributed by atoms with van der Waals surface area (Å²) in [5, 5.41) is 7.43. The molecule has 23 heavy (non-hydrogen) atoms. The number of benzene rings is 1. The van der Waals surface area contributed by atoms with Crippen LogP contribution in [-0.4, -0.2) is 35.3 Å². The van der Waals surface area contributed by atoms with E-state index in [9.17, 15) is 0 Å². The maximum Gasteiger partial charge on any atom is 0.0960 e. The molecule has 0 bridgehead atoms. The van der Waals surface area contributed by atoms with Crippen molar-refractivity contribution in [2.45, 2.75) is 45.8 Å². The number of likely N-dealkylation sites (tertiary alicyclic amines) is 1. The Morgan fingerprint density at radius 3 is 2.52 bits per heavy atom. The first kappa shape index (κ1) is 16.2. The van der Waals surface area contributed by atoms with Crippen molar-refractivity contribution in [2.24, 2.45) is 0 Å². The van der Waals surface area contributed by atoms with E-state index < -0.39 is 0 Å². The number of methoxy groups -OCH3 is 1. The largest absolute Gasteiger partial charge is 0.378 e. The van der Waals surface area contributed by atoms with Crippen LogP contribution in [0.4, 0.5) is 0 Å². The summed E-state index contributed by atoms with van der Waals surface area (Å²) >= 11 is 0. The molecular weight excluding hydrogens is 286 g/mol. The third-order valence-electron chi connectivity index (χ3n) is 4.92. The van der Waals surface area contributed by atoms with Crippen LogP contribution in [0.15, 0.2) is 24.3 Å². The van der Waals surface area contributed by atoms with E-state index in [4.69, 9.17) is 4.74 Å². The highest BCUT2D eigenvalue weighted by atomic mass is 16.5. The molecule has 1 fully saturated rings. The fourth-order valence-corrected chi connectivity index (χ4v) is 3.55. The first-order valence-corrected chi connectivity index (χ1v) is 8.58. The normalized spacial score (nSPS) is 17.3. The van der Waals surface area contributed by atoms with E-state index in [1.165, 1.54) is 49.0 Å². The lowest BCUT2D eigenvalue weighted by molar-refractivity contribution is 0.175. The van der Waals surface area contributed by atoms with Gasteiger partial charge in [0.05, 0.1) is 12.3 Å². The van der Waals surface area contributed by atoms with Gasteiger partial charge in [-0.3, -0.25) is 10.00 Å². The van der Waals surface area contributed by atoms with Gasteiger partial charge >= 0.3 is 0 Å². The fraction of sp³-hybridized carbons (Fsp3) is 0.526. The summed E-state index contributed by atoms with van der Waals surface area (Å²) in [6.45, 7) is 7.36. The van der Waals surface area contributed by atoms with Gasteiger partial charge in [0, 0.05) is 24.4 Å². The second-order valence-corrected chi connectivity index (χ2v) is 6.50. The summed E-state index contributed by atoms with van der Waals surface area (Å²) in [5.74, 6) is 0. The molecule has 1 unspecified atom stereocenters. The number of nitrogens with zero attached hydrogens (tertiary/aromatic N) is 2. The van der Waals surface area contributed by atoms with Crippen LogP contribution in [0.1, 0.15) is 49.2 Å². The van der Waals surface area contributed by atoms with Crippen molar-refractivity contribution >= 4 is 0 Å². The molecule has 4 nitrogen and oxygen atoms in total. The number of aromatic nitrogens is 2. The van der Waals surface area contributed by atoms with Crippen molar-refractivity contribution in [1.29, 1.82) is 0 Å². The molecule has 1 aromatic heterocycles. The zero-order valence-electron chi connectivity index (χ0n) is 14.4. The predicted molar refractivity (Wildman–Crippen MR) is 93.3 cm³/mol. The van der Waals surface area contributed by atoms with Crippen molar-refractivity contribution in [3.63, 3.8) is 0 Å². The summed E-state index contributed by atoms with van der Waals surface area (Å²) in [6.07, 6.45) is 4.04. The minimum absolute atomic E-state index is 0.494. The highest BCUT2D eigenvalue weighted by Crippen LogP contribution is 2.29. The maximum atomic E-state index is 5.26. The van der Waals surface area contributed by atoms with Gasteiger partial charge in [0.15, 0.2) is 0 Å². The number of rotatable bonds is 5. The minimum Gasteiger partial charge on any atom is -0.378 e. The minimum atomic E-state index is 0.494. The monoisotopic (exact) mass is 313 g/mol. The molecule has 0 spiro atoms. The Kier molecular flexibility index (Phi) is 5.13. The number of aromatic amines is 1. The Labute approximate surface area is 138 Å². The maximum absolute atomic E-state index is 5.26. The molecular formula is C19H27N3O. The number of aryl methyl sites for hydroxylation is 1. The summed E-state index contributed by atoms with van der Waals surface area (Å²) in [7, 11) is 1.71. The third-order valence-corrected chi connectivity index (χ3v) is 4.92. The Morgan fingerprint density at radius 2 is 1.87 bits per heavy atom. The van der Waals surface area contributed by atoms with Gasteiger partial charge in [-0.05, 0) is 50.9 Å². The Balaban J connectivity index is 1.80. The number of nitrogens with one attached hydrogen (secondary N) is 1. The van der Waals surface area contributed by atoms with Crippen molar-refractivity contribution in [3.8, 4) is 11.1 Å². The van der Waals surface area contributed by atoms with E-state index in [1.807, 2.05) is 0 Å². The molecule has 0 amide bonds. The van der Waals surface area contributed by atoms with Crippen LogP contribution in [0.5, 0.6) is 0 Å². The molecule has 2 aromatic rings. The molecule has 1 atom stereocenters. The lowest BCUT2D eigenvalue weighted by Gasteiger charge is -2.32. The standard InChI is InChI=1S/C19H27N3O/c1-14-19(18(13-23-3)21-20-14)17-9-7-16(8-10-17)15(2)22-11-5-4-6-12-22/h7-10,15H,4-6,11-13H2,1-3H3,(H,20,21). The second-order valence-electron chi connectivity index (χ2n) is 6.50. The summed E-state index contributed by atoms with van der Waals surface area (Å²) in [6, 6.07) is 9.45. The molecule has 0 radical (unpaired) electrons. The molecule has 124 valence electrons. The quantitative estimate of drug-likeness (QED) is 0.904. The Morgan fingerprint density at radius 1 is 1.17 bits per heavy atom. The van der Waals surface area contributed by atoms with Crippen LogP contribution in [0.3, 0.4) is 0 Å². The fourth-order valence-electron chi connectivity index (χ4n) is 3.55. The Bertz CT molecular complexity index is 627. The number of H-pyrrole nitrogens is 1. The molecule has 1 aromatic carbocycles. The lowest BCUT2D eigenvalue weighted by atomic mass is 9.98. The van der Waals surface area contributed by atoms with E-state index in [2.05, 4.69) is 53.2 Å². The summed E-state index contributed by atoms with van der Waals surface area (Å²) < 4.78 is 5.26.